The SMILES string of the molecule is Cc1ccc(N2CCCN(C(=O)CCc3c(C)nn(C)c3C)CC2)nn1. The highest BCUT2D eigenvalue weighted by molar-refractivity contribution is 5.76. The van der Waals surface area contributed by atoms with Crippen LogP contribution in [-0.2, 0) is 18.3 Å². The van der Waals surface area contributed by atoms with Crippen LogP contribution in [0.5, 0.6) is 0 Å². The summed E-state index contributed by atoms with van der Waals surface area (Å²) in [6, 6.07) is 3.99. The van der Waals surface area contributed by atoms with Gasteiger partial charge < -0.3 is 9.80 Å². The fourth-order valence-corrected chi connectivity index (χ4v) is 3.53. The highest BCUT2D eigenvalue weighted by atomic mass is 16.2. The van der Waals surface area contributed by atoms with Crippen LogP contribution < -0.4 is 4.90 Å². The first-order valence-electron chi connectivity index (χ1n) is 9.28. The largest absolute Gasteiger partial charge is 0.353 e. The van der Waals surface area contributed by atoms with Gasteiger partial charge in [0.1, 0.15) is 0 Å². The summed E-state index contributed by atoms with van der Waals surface area (Å²) in [5, 5.41) is 12.9. The second-order valence-electron chi connectivity index (χ2n) is 7.03. The van der Waals surface area contributed by atoms with E-state index in [9.17, 15) is 4.79 Å². The van der Waals surface area contributed by atoms with Crippen molar-refractivity contribution in [3.8, 4) is 0 Å². The van der Waals surface area contributed by atoms with E-state index in [1.54, 1.807) is 0 Å². The first-order valence-corrected chi connectivity index (χ1v) is 9.28. The number of amides is 1. The standard InChI is InChI=1S/C19H28N6O/c1-14-6-8-18(21-20-14)24-10-5-11-25(13-12-24)19(26)9-7-17-15(2)22-23(4)16(17)3/h6,8H,5,7,9-13H2,1-4H3. The summed E-state index contributed by atoms with van der Waals surface area (Å²) in [4.78, 5) is 16.9. The molecule has 26 heavy (non-hydrogen) atoms. The fourth-order valence-electron chi connectivity index (χ4n) is 3.53. The Balaban J connectivity index is 1.56. The van der Waals surface area contributed by atoms with Gasteiger partial charge in [-0.2, -0.15) is 10.2 Å². The second kappa shape index (κ2) is 7.85. The van der Waals surface area contributed by atoms with Gasteiger partial charge >= 0.3 is 0 Å². The van der Waals surface area contributed by atoms with Gasteiger partial charge in [0.2, 0.25) is 5.91 Å². The topological polar surface area (TPSA) is 67.2 Å². The van der Waals surface area contributed by atoms with Gasteiger partial charge in [-0.1, -0.05) is 0 Å². The molecule has 0 saturated carbocycles. The predicted octanol–water partition coefficient (Wildman–Crippen LogP) is 1.81. The summed E-state index contributed by atoms with van der Waals surface area (Å²) in [6.45, 7) is 9.26. The molecule has 1 fully saturated rings. The first kappa shape index (κ1) is 18.4. The molecule has 140 valence electrons. The zero-order chi connectivity index (χ0) is 18.7. The maximum atomic E-state index is 12.7. The third-order valence-corrected chi connectivity index (χ3v) is 5.20. The summed E-state index contributed by atoms with van der Waals surface area (Å²) in [5.41, 5.74) is 4.29. The molecule has 3 heterocycles. The average Bonchev–Trinajstić information content (AvgIpc) is 2.81. The minimum atomic E-state index is 0.226. The summed E-state index contributed by atoms with van der Waals surface area (Å²) in [7, 11) is 1.95. The number of aryl methyl sites for hydroxylation is 3. The van der Waals surface area contributed by atoms with Crippen molar-refractivity contribution >= 4 is 11.7 Å². The van der Waals surface area contributed by atoms with Crippen LogP contribution in [0.4, 0.5) is 5.82 Å². The smallest absolute Gasteiger partial charge is 0.222 e. The molecule has 1 aliphatic heterocycles. The van der Waals surface area contributed by atoms with Crippen molar-refractivity contribution in [1.29, 1.82) is 0 Å². The fraction of sp³-hybridized carbons (Fsp3) is 0.579. The Labute approximate surface area is 155 Å². The number of aromatic nitrogens is 4. The first-order chi connectivity index (χ1) is 12.5. The van der Waals surface area contributed by atoms with Crippen molar-refractivity contribution in [3.05, 3.63) is 34.8 Å². The number of hydrogen-bond acceptors (Lipinski definition) is 5. The zero-order valence-electron chi connectivity index (χ0n) is 16.2. The van der Waals surface area contributed by atoms with E-state index in [-0.39, 0.29) is 5.91 Å². The van der Waals surface area contributed by atoms with E-state index >= 15 is 0 Å². The quantitative estimate of drug-likeness (QED) is 0.836. The molecular formula is C19H28N6O. The molecule has 0 unspecified atom stereocenters. The molecular weight excluding hydrogens is 328 g/mol. The van der Waals surface area contributed by atoms with E-state index in [1.807, 2.05) is 42.6 Å². The summed E-state index contributed by atoms with van der Waals surface area (Å²) < 4.78 is 1.89. The van der Waals surface area contributed by atoms with Crippen LogP contribution in [0.25, 0.3) is 0 Å². The lowest BCUT2D eigenvalue weighted by atomic mass is 10.1. The Morgan fingerprint density at radius 2 is 1.88 bits per heavy atom. The summed E-state index contributed by atoms with van der Waals surface area (Å²) in [6.07, 6.45) is 2.25. The van der Waals surface area contributed by atoms with Gasteiger partial charge in [-0.3, -0.25) is 9.48 Å². The van der Waals surface area contributed by atoms with Crippen LogP contribution in [0.2, 0.25) is 0 Å². The van der Waals surface area contributed by atoms with Crippen molar-refractivity contribution in [2.75, 3.05) is 31.1 Å². The zero-order valence-corrected chi connectivity index (χ0v) is 16.2. The predicted molar refractivity (Wildman–Crippen MR) is 101 cm³/mol. The molecule has 7 nitrogen and oxygen atoms in total. The average molecular weight is 356 g/mol. The third-order valence-electron chi connectivity index (χ3n) is 5.20. The lowest BCUT2D eigenvalue weighted by Crippen LogP contribution is -2.35. The molecule has 1 aliphatic rings. The second-order valence-corrected chi connectivity index (χ2v) is 7.03. The van der Waals surface area contributed by atoms with Gasteiger partial charge in [0.15, 0.2) is 5.82 Å². The number of nitrogens with zero attached hydrogens (tertiary/aromatic N) is 6. The van der Waals surface area contributed by atoms with Crippen LogP contribution in [0.15, 0.2) is 12.1 Å². The lowest BCUT2D eigenvalue weighted by Gasteiger charge is -2.22. The van der Waals surface area contributed by atoms with Gasteiger partial charge in [0.05, 0.1) is 11.4 Å². The molecule has 1 saturated heterocycles. The maximum absolute atomic E-state index is 12.7. The minimum Gasteiger partial charge on any atom is -0.353 e. The van der Waals surface area contributed by atoms with Gasteiger partial charge in [0, 0.05) is 45.3 Å². The van der Waals surface area contributed by atoms with E-state index in [0.29, 0.717) is 6.42 Å². The Hall–Kier alpha value is -2.44. The number of hydrogen-bond donors (Lipinski definition) is 0. The van der Waals surface area contributed by atoms with Crippen LogP contribution in [0.1, 0.15) is 35.5 Å². The molecule has 1 amide bonds. The van der Waals surface area contributed by atoms with E-state index in [0.717, 1.165) is 61.9 Å². The van der Waals surface area contributed by atoms with Crippen LogP contribution in [0, 0.1) is 20.8 Å². The van der Waals surface area contributed by atoms with E-state index < -0.39 is 0 Å². The van der Waals surface area contributed by atoms with Crippen LogP contribution >= 0.6 is 0 Å². The Morgan fingerprint density at radius 1 is 1.08 bits per heavy atom. The van der Waals surface area contributed by atoms with Gasteiger partial charge in [-0.25, -0.2) is 0 Å². The van der Waals surface area contributed by atoms with Gasteiger partial charge in [-0.15, -0.1) is 5.10 Å². The molecule has 0 spiro atoms. The summed E-state index contributed by atoms with van der Waals surface area (Å²) in [5.74, 6) is 1.12. The molecule has 0 bridgehead atoms. The van der Waals surface area contributed by atoms with Crippen LogP contribution in [0.3, 0.4) is 0 Å². The van der Waals surface area contributed by atoms with E-state index in [1.165, 1.54) is 5.56 Å². The number of carbonyl (C=O) groups is 1. The van der Waals surface area contributed by atoms with Crippen molar-refractivity contribution in [1.82, 2.24) is 24.9 Å². The molecule has 0 atom stereocenters. The summed E-state index contributed by atoms with van der Waals surface area (Å²) >= 11 is 0. The molecule has 2 aromatic rings. The molecule has 0 aromatic carbocycles. The highest BCUT2D eigenvalue weighted by Gasteiger charge is 2.21. The monoisotopic (exact) mass is 356 g/mol. The number of rotatable bonds is 4. The molecule has 0 radical (unpaired) electrons. The van der Waals surface area contributed by atoms with Crippen LogP contribution in [-0.4, -0.2) is 57.0 Å². The molecule has 2 aromatic heterocycles. The van der Waals surface area contributed by atoms with Gasteiger partial charge in [-0.05, 0) is 51.3 Å². The van der Waals surface area contributed by atoms with Gasteiger partial charge in [0.25, 0.3) is 0 Å². The lowest BCUT2D eigenvalue weighted by molar-refractivity contribution is -0.130. The van der Waals surface area contributed by atoms with Crippen molar-refractivity contribution in [2.24, 2.45) is 7.05 Å². The Bertz CT molecular complexity index is 767. The molecule has 3 rings (SSSR count). The minimum absolute atomic E-state index is 0.226. The van der Waals surface area contributed by atoms with Crippen molar-refractivity contribution in [3.63, 3.8) is 0 Å². The van der Waals surface area contributed by atoms with Crippen molar-refractivity contribution in [2.45, 2.75) is 40.0 Å². The highest BCUT2D eigenvalue weighted by Crippen LogP contribution is 2.17. The number of anilines is 1. The number of carbonyl (C=O) groups excluding carboxylic acids is 1. The normalized spacial score (nSPS) is 15.2. The van der Waals surface area contributed by atoms with E-state index in [4.69, 9.17) is 0 Å². The molecule has 0 aliphatic carbocycles. The van der Waals surface area contributed by atoms with E-state index in [2.05, 4.69) is 27.1 Å². The maximum Gasteiger partial charge on any atom is 0.222 e. The Kier molecular flexibility index (Phi) is 5.54. The molecule has 7 heteroatoms. The third kappa shape index (κ3) is 4.03. The van der Waals surface area contributed by atoms with Crippen molar-refractivity contribution < 1.29 is 4.79 Å². The Morgan fingerprint density at radius 3 is 2.54 bits per heavy atom. The molecule has 0 N–H and O–H groups in total.